The van der Waals surface area contributed by atoms with Crippen molar-refractivity contribution in [2.75, 3.05) is 0 Å². The first-order valence-corrected chi connectivity index (χ1v) is 6.45. The van der Waals surface area contributed by atoms with Crippen LogP contribution < -0.4 is 4.35 Å². The molecule has 0 bridgehead atoms. The number of hydrogen-bond donors (Lipinski definition) is 0. The zero-order valence-corrected chi connectivity index (χ0v) is 11.8. The maximum absolute atomic E-state index is 13.1. The van der Waals surface area contributed by atoms with Gasteiger partial charge >= 0.3 is 108 Å². The first-order valence-electron chi connectivity index (χ1n) is 5.24. The summed E-state index contributed by atoms with van der Waals surface area (Å²) in [4.78, 5) is 11.5. The fourth-order valence-corrected chi connectivity index (χ4v) is 2.51. The predicted octanol–water partition coefficient (Wildman–Crippen LogP) is 1.95. The topological polar surface area (TPSA) is 17.1 Å². The first-order chi connectivity index (χ1) is 8.08. The Balaban J connectivity index is 2.54. The van der Waals surface area contributed by atoms with Gasteiger partial charge in [-0.05, 0) is 0 Å². The van der Waals surface area contributed by atoms with Crippen LogP contribution in [0, 0.1) is 5.82 Å². The van der Waals surface area contributed by atoms with Crippen molar-refractivity contribution in [3.63, 3.8) is 0 Å². The van der Waals surface area contributed by atoms with Gasteiger partial charge in [0.1, 0.15) is 0 Å². The second-order valence-electron chi connectivity index (χ2n) is 3.87. The van der Waals surface area contributed by atoms with Crippen LogP contribution in [0.1, 0.15) is 17.3 Å². The van der Waals surface area contributed by atoms with Crippen LogP contribution in [0.15, 0.2) is 42.5 Å². The van der Waals surface area contributed by atoms with Crippen molar-refractivity contribution in [1.82, 2.24) is 0 Å². The summed E-state index contributed by atoms with van der Waals surface area (Å²) in [5.74, 6) is -0.223. The summed E-state index contributed by atoms with van der Waals surface area (Å²) >= 11 is 1.42. The number of carbonyl (C=O) groups is 1. The molecule has 1 unspecified atom stereocenters. The van der Waals surface area contributed by atoms with Crippen molar-refractivity contribution in [2.45, 2.75) is 6.92 Å². The number of rotatable bonds is 2. The van der Waals surface area contributed by atoms with E-state index in [1.165, 1.54) is 29.0 Å². The number of halogens is 1. The van der Waals surface area contributed by atoms with Crippen molar-refractivity contribution >= 4 is 27.0 Å². The van der Waals surface area contributed by atoms with Crippen molar-refractivity contribution in [3.05, 3.63) is 53.8 Å². The molecule has 0 radical (unpaired) electrons. The molecular formula is C14H12AsFO. The minimum atomic E-state index is -0.267. The Bertz CT molecular complexity index is 578. The normalized spacial score (nSPS) is 10.3. The minimum absolute atomic E-state index is 0.0441. The third-order valence-electron chi connectivity index (χ3n) is 2.59. The second kappa shape index (κ2) is 4.85. The Morgan fingerprint density at radius 1 is 1.12 bits per heavy atom. The van der Waals surface area contributed by atoms with E-state index in [0.29, 0.717) is 5.56 Å². The van der Waals surface area contributed by atoms with Gasteiger partial charge in [-0.15, -0.1) is 0 Å². The number of Topliss-reactive ketones (excluding diaryl/α,β-unsaturated/α-hetero) is 1. The molecule has 86 valence electrons. The van der Waals surface area contributed by atoms with Gasteiger partial charge in [-0.1, -0.05) is 0 Å². The van der Waals surface area contributed by atoms with Crippen LogP contribution in [-0.2, 0) is 0 Å². The molecule has 2 aromatic rings. The predicted molar refractivity (Wildman–Crippen MR) is 70.0 cm³/mol. The number of carbonyl (C=O) groups excluding carboxylic acids is 1. The molecule has 2 aromatic carbocycles. The quantitative estimate of drug-likeness (QED) is 0.610. The zero-order chi connectivity index (χ0) is 12.4. The molecule has 0 heterocycles. The fraction of sp³-hybridized carbons (Fsp3) is 0.0714. The molecule has 0 N–H and O–H groups in total. The van der Waals surface area contributed by atoms with Crippen LogP contribution in [0.25, 0.3) is 11.1 Å². The van der Waals surface area contributed by atoms with Crippen LogP contribution in [0.4, 0.5) is 4.39 Å². The van der Waals surface area contributed by atoms with Gasteiger partial charge < -0.3 is 0 Å². The summed E-state index contributed by atoms with van der Waals surface area (Å²) in [5.41, 5.74) is 2.38. The van der Waals surface area contributed by atoms with Gasteiger partial charge in [0.2, 0.25) is 0 Å². The van der Waals surface area contributed by atoms with E-state index in [0.717, 1.165) is 15.5 Å². The first kappa shape index (κ1) is 12.1. The van der Waals surface area contributed by atoms with Crippen LogP contribution in [0.5, 0.6) is 0 Å². The molecular weight excluding hydrogens is 278 g/mol. The van der Waals surface area contributed by atoms with Crippen molar-refractivity contribution < 1.29 is 9.18 Å². The second-order valence-corrected chi connectivity index (χ2v) is 5.17. The van der Waals surface area contributed by atoms with E-state index in [1.54, 1.807) is 13.0 Å². The fourth-order valence-electron chi connectivity index (χ4n) is 1.71. The molecule has 0 saturated carbocycles. The molecule has 0 spiro atoms. The molecule has 3 heteroatoms. The molecule has 0 saturated heterocycles. The van der Waals surface area contributed by atoms with Gasteiger partial charge in [0, 0.05) is 0 Å². The molecule has 1 atom stereocenters. The average molecular weight is 290 g/mol. The summed E-state index contributed by atoms with van der Waals surface area (Å²) in [6.45, 7) is 1.55. The average Bonchev–Trinajstić information content (AvgIpc) is 2.29. The Labute approximate surface area is 108 Å². The summed E-state index contributed by atoms with van der Waals surface area (Å²) < 4.78 is 14.1. The van der Waals surface area contributed by atoms with Gasteiger partial charge in [-0.25, -0.2) is 0 Å². The molecule has 2 rings (SSSR count). The van der Waals surface area contributed by atoms with E-state index in [9.17, 15) is 9.18 Å². The number of benzene rings is 2. The van der Waals surface area contributed by atoms with Gasteiger partial charge in [0.05, 0.1) is 0 Å². The van der Waals surface area contributed by atoms with Crippen LogP contribution in [-0.4, -0.2) is 22.6 Å². The monoisotopic (exact) mass is 290 g/mol. The summed E-state index contributed by atoms with van der Waals surface area (Å²) in [6, 6.07) is 12.0. The molecule has 0 aromatic heterocycles. The Morgan fingerprint density at radius 3 is 2.47 bits per heavy atom. The molecule has 1 nitrogen and oxygen atoms in total. The molecule has 0 amide bonds. The van der Waals surface area contributed by atoms with Gasteiger partial charge in [0.15, 0.2) is 0 Å². The van der Waals surface area contributed by atoms with E-state index >= 15 is 0 Å². The van der Waals surface area contributed by atoms with Crippen LogP contribution in [0.3, 0.4) is 0 Å². The van der Waals surface area contributed by atoms with Gasteiger partial charge in [-0.3, -0.25) is 0 Å². The molecule has 0 aliphatic heterocycles. The molecule has 17 heavy (non-hydrogen) atoms. The molecule has 0 fully saturated rings. The maximum atomic E-state index is 13.1. The SMILES string of the molecule is CC(=O)c1cc(-c2cccc(F)c2)ccc1[AsH2]. The Hall–Kier alpha value is -1.40. The van der Waals surface area contributed by atoms with E-state index in [2.05, 4.69) is 0 Å². The summed E-state index contributed by atoms with van der Waals surface area (Å²) in [5, 5.41) is 0. The summed E-state index contributed by atoms with van der Waals surface area (Å²) in [6.07, 6.45) is 0. The van der Waals surface area contributed by atoms with Crippen LogP contribution in [0.2, 0.25) is 0 Å². The summed E-state index contributed by atoms with van der Waals surface area (Å²) in [7, 11) is 0. The Morgan fingerprint density at radius 2 is 1.82 bits per heavy atom. The standard InChI is InChI=1S/C14H12AsFO/c1-9(17)13-8-11(5-6-14(13)15)10-3-2-4-12(16)7-10/h2-8H,15H2,1H3. The number of hydrogen-bond acceptors (Lipinski definition) is 1. The van der Waals surface area contributed by atoms with E-state index in [4.69, 9.17) is 0 Å². The Kier molecular flexibility index (Phi) is 3.44. The van der Waals surface area contributed by atoms with Crippen molar-refractivity contribution in [2.24, 2.45) is 0 Å². The zero-order valence-electron chi connectivity index (χ0n) is 9.41. The van der Waals surface area contributed by atoms with Gasteiger partial charge in [0.25, 0.3) is 0 Å². The van der Waals surface area contributed by atoms with Crippen molar-refractivity contribution in [3.8, 4) is 11.1 Å². The van der Waals surface area contributed by atoms with E-state index in [-0.39, 0.29) is 11.6 Å². The van der Waals surface area contributed by atoms with Crippen LogP contribution >= 0.6 is 0 Å². The molecule has 0 aliphatic rings. The van der Waals surface area contributed by atoms with E-state index < -0.39 is 0 Å². The van der Waals surface area contributed by atoms with Gasteiger partial charge in [-0.2, -0.15) is 0 Å². The number of ketones is 1. The van der Waals surface area contributed by atoms with Crippen molar-refractivity contribution in [1.29, 1.82) is 0 Å². The third kappa shape index (κ3) is 2.64. The van der Waals surface area contributed by atoms with E-state index in [1.807, 2.05) is 24.3 Å². The third-order valence-corrected chi connectivity index (χ3v) is 3.65. The molecule has 0 aliphatic carbocycles.